The third-order valence-corrected chi connectivity index (χ3v) is 3.80. The third kappa shape index (κ3) is 3.72. The number of hydrogen-bond donors (Lipinski definition) is 1. The molecule has 0 aliphatic carbocycles. The first-order valence-electron chi connectivity index (χ1n) is 6.49. The molecule has 1 aliphatic heterocycles. The molecule has 0 aromatic rings. The van der Waals surface area contributed by atoms with Gasteiger partial charge in [-0.15, -0.1) is 0 Å². The van der Waals surface area contributed by atoms with Crippen molar-refractivity contribution in [2.24, 2.45) is 5.73 Å². The van der Waals surface area contributed by atoms with Crippen LogP contribution in [0.5, 0.6) is 0 Å². The number of hydrogen-bond acceptors (Lipinski definition) is 3. The topological polar surface area (TPSA) is 32.5 Å². The molecule has 1 heterocycles. The summed E-state index contributed by atoms with van der Waals surface area (Å²) in [5.74, 6) is 0. The molecule has 1 fully saturated rings. The molecule has 0 saturated carbocycles. The summed E-state index contributed by atoms with van der Waals surface area (Å²) in [4.78, 5) is 4.97. The fraction of sp³-hybridized carbons (Fsp3) is 1.00. The van der Waals surface area contributed by atoms with E-state index in [4.69, 9.17) is 5.73 Å². The molecule has 16 heavy (non-hydrogen) atoms. The molecule has 0 aromatic heterocycles. The maximum absolute atomic E-state index is 6.33. The molecule has 3 nitrogen and oxygen atoms in total. The second kappa shape index (κ2) is 5.03. The SMILES string of the molecule is CCCC(C)(N)CN1CCN(C)C(C)(C)C1. The lowest BCUT2D eigenvalue weighted by molar-refractivity contribution is 0.0293. The molecule has 2 N–H and O–H groups in total. The van der Waals surface area contributed by atoms with Crippen molar-refractivity contribution in [1.82, 2.24) is 9.80 Å². The molecule has 1 unspecified atom stereocenters. The van der Waals surface area contributed by atoms with Crippen molar-refractivity contribution in [3.05, 3.63) is 0 Å². The van der Waals surface area contributed by atoms with Crippen LogP contribution >= 0.6 is 0 Å². The first-order chi connectivity index (χ1) is 7.27. The van der Waals surface area contributed by atoms with Crippen LogP contribution < -0.4 is 5.73 Å². The first-order valence-corrected chi connectivity index (χ1v) is 6.49. The first kappa shape index (κ1) is 13.9. The van der Waals surface area contributed by atoms with Crippen molar-refractivity contribution in [2.45, 2.75) is 51.6 Å². The molecule has 96 valence electrons. The zero-order valence-electron chi connectivity index (χ0n) is 11.7. The van der Waals surface area contributed by atoms with Crippen molar-refractivity contribution in [1.29, 1.82) is 0 Å². The van der Waals surface area contributed by atoms with E-state index in [2.05, 4.69) is 44.5 Å². The lowest BCUT2D eigenvalue weighted by Crippen LogP contribution is -2.61. The highest BCUT2D eigenvalue weighted by Crippen LogP contribution is 2.21. The Kier molecular flexibility index (Phi) is 4.38. The van der Waals surface area contributed by atoms with Gasteiger partial charge < -0.3 is 5.73 Å². The minimum absolute atomic E-state index is 0.0270. The molecule has 1 aliphatic rings. The van der Waals surface area contributed by atoms with E-state index in [0.717, 1.165) is 32.6 Å². The van der Waals surface area contributed by atoms with E-state index < -0.39 is 0 Å². The number of nitrogens with zero attached hydrogens (tertiary/aromatic N) is 2. The monoisotopic (exact) mass is 227 g/mol. The number of piperazine rings is 1. The predicted octanol–water partition coefficient (Wildman–Crippen LogP) is 1.53. The highest BCUT2D eigenvalue weighted by molar-refractivity contribution is 4.92. The van der Waals surface area contributed by atoms with Gasteiger partial charge in [0.15, 0.2) is 0 Å². The molecule has 0 radical (unpaired) electrons. The van der Waals surface area contributed by atoms with Gasteiger partial charge in [-0.1, -0.05) is 13.3 Å². The Hall–Kier alpha value is -0.120. The van der Waals surface area contributed by atoms with Crippen molar-refractivity contribution >= 4 is 0 Å². The van der Waals surface area contributed by atoms with Crippen LogP contribution in [-0.4, -0.2) is 54.1 Å². The molecule has 1 saturated heterocycles. The van der Waals surface area contributed by atoms with Crippen molar-refractivity contribution in [3.63, 3.8) is 0 Å². The van der Waals surface area contributed by atoms with Gasteiger partial charge in [0.2, 0.25) is 0 Å². The van der Waals surface area contributed by atoms with E-state index in [1.807, 2.05) is 0 Å². The Balaban J connectivity index is 2.51. The van der Waals surface area contributed by atoms with Crippen LogP contribution in [0.15, 0.2) is 0 Å². The zero-order chi connectivity index (χ0) is 12.4. The van der Waals surface area contributed by atoms with Crippen LogP contribution in [0.25, 0.3) is 0 Å². The molecule has 1 rings (SSSR count). The molecule has 0 spiro atoms. The quantitative estimate of drug-likeness (QED) is 0.790. The van der Waals surface area contributed by atoms with Crippen LogP contribution in [0.1, 0.15) is 40.5 Å². The molecule has 0 bridgehead atoms. The fourth-order valence-electron chi connectivity index (χ4n) is 2.64. The summed E-state index contributed by atoms with van der Waals surface area (Å²) in [7, 11) is 2.21. The molecule has 1 atom stereocenters. The van der Waals surface area contributed by atoms with Crippen molar-refractivity contribution in [2.75, 3.05) is 33.2 Å². The highest BCUT2D eigenvalue weighted by Gasteiger charge is 2.33. The molecule has 0 aromatic carbocycles. The Bertz CT molecular complexity index is 223. The summed E-state index contributed by atoms with van der Waals surface area (Å²) in [6.45, 7) is 13.5. The molecular weight excluding hydrogens is 198 g/mol. The second-order valence-corrected chi connectivity index (χ2v) is 6.35. The van der Waals surface area contributed by atoms with Crippen LogP contribution in [0.2, 0.25) is 0 Å². The summed E-state index contributed by atoms with van der Waals surface area (Å²) < 4.78 is 0. The number of rotatable bonds is 4. The van der Waals surface area contributed by atoms with Gasteiger partial charge in [0.25, 0.3) is 0 Å². The van der Waals surface area contributed by atoms with E-state index >= 15 is 0 Å². The van der Waals surface area contributed by atoms with E-state index in [0.29, 0.717) is 0 Å². The molecule has 0 amide bonds. The number of nitrogens with two attached hydrogens (primary N) is 1. The van der Waals surface area contributed by atoms with Gasteiger partial charge in [0.05, 0.1) is 0 Å². The fourth-order valence-corrected chi connectivity index (χ4v) is 2.64. The van der Waals surface area contributed by atoms with Gasteiger partial charge >= 0.3 is 0 Å². The van der Waals surface area contributed by atoms with E-state index in [1.165, 1.54) is 6.42 Å². The van der Waals surface area contributed by atoms with Gasteiger partial charge in [0.1, 0.15) is 0 Å². The zero-order valence-corrected chi connectivity index (χ0v) is 11.7. The Morgan fingerprint density at radius 1 is 1.31 bits per heavy atom. The van der Waals surface area contributed by atoms with E-state index in [1.54, 1.807) is 0 Å². The Morgan fingerprint density at radius 2 is 1.94 bits per heavy atom. The largest absolute Gasteiger partial charge is 0.324 e. The predicted molar refractivity (Wildman–Crippen MR) is 70.6 cm³/mol. The van der Waals surface area contributed by atoms with Gasteiger partial charge in [0, 0.05) is 37.3 Å². The van der Waals surface area contributed by atoms with Crippen molar-refractivity contribution in [3.8, 4) is 0 Å². The summed E-state index contributed by atoms with van der Waals surface area (Å²) >= 11 is 0. The van der Waals surface area contributed by atoms with Crippen LogP contribution in [0.3, 0.4) is 0 Å². The smallest absolute Gasteiger partial charge is 0.0277 e. The van der Waals surface area contributed by atoms with Crippen molar-refractivity contribution < 1.29 is 0 Å². The third-order valence-electron chi connectivity index (χ3n) is 3.80. The Morgan fingerprint density at radius 3 is 2.44 bits per heavy atom. The summed E-state index contributed by atoms with van der Waals surface area (Å²) in [5.41, 5.74) is 6.58. The minimum atomic E-state index is -0.0270. The lowest BCUT2D eigenvalue weighted by Gasteiger charge is -2.47. The van der Waals surface area contributed by atoms with Gasteiger partial charge in [-0.2, -0.15) is 0 Å². The van der Waals surface area contributed by atoms with Gasteiger partial charge in [-0.25, -0.2) is 0 Å². The van der Waals surface area contributed by atoms with Crippen LogP contribution in [-0.2, 0) is 0 Å². The van der Waals surface area contributed by atoms with E-state index in [-0.39, 0.29) is 11.1 Å². The summed E-state index contributed by atoms with van der Waals surface area (Å²) in [6, 6.07) is 0. The Labute approximate surface area is 101 Å². The summed E-state index contributed by atoms with van der Waals surface area (Å²) in [5, 5.41) is 0. The normalized spacial score (nSPS) is 26.6. The average Bonchev–Trinajstić information content (AvgIpc) is 2.10. The lowest BCUT2D eigenvalue weighted by atomic mass is 9.94. The maximum atomic E-state index is 6.33. The molecule has 3 heteroatoms. The highest BCUT2D eigenvalue weighted by atomic mass is 15.3. The number of likely N-dealkylation sites (N-methyl/N-ethyl adjacent to an activating group) is 1. The molecular formula is C13H29N3. The second-order valence-electron chi connectivity index (χ2n) is 6.35. The van der Waals surface area contributed by atoms with Gasteiger partial charge in [-0.05, 0) is 34.2 Å². The average molecular weight is 227 g/mol. The minimum Gasteiger partial charge on any atom is -0.324 e. The van der Waals surface area contributed by atoms with Crippen LogP contribution in [0.4, 0.5) is 0 Å². The summed E-state index contributed by atoms with van der Waals surface area (Å²) in [6.07, 6.45) is 2.28. The van der Waals surface area contributed by atoms with Gasteiger partial charge in [-0.3, -0.25) is 9.80 Å². The van der Waals surface area contributed by atoms with Crippen LogP contribution in [0, 0.1) is 0 Å². The standard InChI is InChI=1S/C13H29N3/c1-6-7-13(4,14)11-16-9-8-15(5)12(2,3)10-16/h6-11,14H2,1-5H3. The van der Waals surface area contributed by atoms with E-state index in [9.17, 15) is 0 Å². The maximum Gasteiger partial charge on any atom is 0.0277 e.